The first kappa shape index (κ1) is 13.2. The molecule has 1 aromatic carbocycles. The molecule has 21 heavy (non-hydrogen) atoms. The maximum Gasteiger partial charge on any atom is 0.268 e. The second-order valence-electron chi connectivity index (χ2n) is 4.60. The number of benzene rings is 1. The number of hydrogen-bond acceptors (Lipinski definition) is 3. The highest BCUT2D eigenvalue weighted by atomic mass is 19.1. The highest BCUT2D eigenvalue weighted by Crippen LogP contribution is 2.26. The number of nitrogens with zero attached hydrogens (tertiary/aromatic N) is 2. The van der Waals surface area contributed by atoms with E-state index in [1.54, 1.807) is 6.21 Å². The zero-order chi connectivity index (χ0) is 15.0. The van der Waals surface area contributed by atoms with E-state index in [-0.39, 0.29) is 11.4 Å². The van der Waals surface area contributed by atoms with Gasteiger partial charge in [-0.25, -0.2) is 4.39 Å². The average Bonchev–Trinajstić information content (AvgIpc) is 2.95. The molecular weight excluding hydrogens is 273 g/mol. The summed E-state index contributed by atoms with van der Waals surface area (Å²) >= 11 is 0. The van der Waals surface area contributed by atoms with E-state index in [2.05, 4.69) is 10.3 Å². The van der Waals surface area contributed by atoms with Crippen LogP contribution in [0.15, 0.2) is 40.1 Å². The van der Waals surface area contributed by atoms with Crippen LogP contribution in [0.25, 0.3) is 5.69 Å². The topological polar surface area (TPSA) is 63.5 Å². The Morgan fingerprint density at radius 1 is 1.33 bits per heavy atom. The van der Waals surface area contributed by atoms with Crippen LogP contribution >= 0.6 is 0 Å². The third-order valence-electron chi connectivity index (χ3n) is 3.35. The maximum atomic E-state index is 13.1. The molecule has 5 nitrogen and oxygen atoms in total. The van der Waals surface area contributed by atoms with Crippen LogP contribution in [0.4, 0.5) is 10.1 Å². The smallest absolute Gasteiger partial charge is 0.268 e. The standard InChI is InChI=1S/C15H12FN3O2/c1-17-14(20)11-8-12-13(6-7-18-12)19(15(11)21)10-4-2-9(16)3-5-10/h2-5,7-8H,6H2,1H3,(H,17,20). The summed E-state index contributed by atoms with van der Waals surface area (Å²) in [6.45, 7) is 0. The number of carbonyl (C=O) groups excluding carboxylic acids is 1. The summed E-state index contributed by atoms with van der Waals surface area (Å²) < 4.78 is 14.5. The molecule has 0 saturated carbocycles. The molecule has 2 aromatic rings. The van der Waals surface area contributed by atoms with Gasteiger partial charge in [-0.1, -0.05) is 0 Å². The fraction of sp³-hybridized carbons (Fsp3) is 0.133. The number of fused-ring (bicyclic) bond motifs is 1. The average molecular weight is 285 g/mol. The molecule has 0 aliphatic carbocycles. The van der Waals surface area contributed by atoms with Crippen molar-refractivity contribution in [3.8, 4) is 5.69 Å². The van der Waals surface area contributed by atoms with Crippen LogP contribution in [0.2, 0.25) is 0 Å². The normalized spacial score (nSPS) is 12.3. The number of rotatable bonds is 2. The van der Waals surface area contributed by atoms with Gasteiger partial charge in [0.2, 0.25) is 0 Å². The van der Waals surface area contributed by atoms with Crippen LogP contribution in [-0.4, -0.2) is 23.7 Å². The molecule has 0 radical (unpaired) electrons. The highest BCUT2D eigenvalue weighted by molar-refractivity contribution is 5.95. The summed E-state index contributed by atoms with van der Waals surface area (Å²) in [5, 5.41) is 2.44. The fourth-order valence-corrected chi connectivity index (χ4v) is 2.34. The van der Waals surface area contributed by atoms with E-state index in [0.29, 0.717) is 23.5 Å². The van der Waals surface area contributed by atoms with Crippen molar-refractivity contribution in [1.29, 1.82) is 0 Å². The van der Waals surface area contributed by atoms with E-state index in [0.717, 1.165) is 0 Å². The predicted molar refractivity (Wildman–Crippen MR) is 77.2 cm³/mol. The van der Waals surface area contributed by atoms with E-state index in [4.69, 9.17) is 0 Å². The summed E-state index contributed by atoms with van der Waals surface area (Å²) in [6, 6.07) is 7.04. The summed E-state index contributed by atoms with van der Waals surface area (Å²) in [5.41, 5.74) is 1.36. The van der Waals surface area contributed by atoms with Crippen molar-refractivity contribution in [2.24, 2.45) is 4.99 Å². The molecule has 1 aromatic heterocycles. The van der Waals surface area contributed by atoms with Crippen molar-refractivity contribution < 1.29 is 9.18 Å². The number of hydrogen-bond donors (Lipinski definition) is 1. The molecule has 1 aliphatic heterocycles. The van der Waals surface area contributed by atoms with E-state index in [1.807, 2.05) is 0 Å². The molecule has 6 heteroatoms. The SMILES string of the molecule is CNC(=O)c1cc2c(n(-c3ccc(F)cc3)c1=O)CC=N2. The van der Waals surface area contributed by atoms with Gasteiger partial charge in [-0.3, -0.25) is 19.1 Å². The second kappa shape index (κ2) is 4.97. The van der Waals surface area contributed by atoms with Gasteiger partial charge < -0.3 is 5.32 Å². The van der Waals surface area contributed by atoms with Gasteiger partial charge in [0.1, 0.15) is 11.4 Å². The largest absolute Gasteiger partial charge is 0.355 e. The Labute approximate surface area is 119 Å². The number of aromatic nitrogens is 1. The first-order valence-corrected chi connectivity index (χ1v) is 6.41. The number of halogens is 1. The van der Waals surface area contributed by atoms with Gasteiger partial charge in [-0.15, -0.1) is 0 Å². The van der Waals surface area contributed by atoms with Crippen molar-refractivity contribution in [3.63, 3.8) is 0 Å². The van der Waals surface area contributed by atoms with E-state index < -0.39 is 11.5 Å². The Balaban J connectivity index is 2.29. The fourth-order valence-electron chi connectivity index (χ4n) is 2.34. The Kier molecular flexibility index (Phi) is 3.13. The molecule has 3 rings (SSSR count). The first-order chi connectivity index (χ1) is 10.1. The number of pyridine rings is 1. The first-order valence-electron chi connectivity index (χ1n) is 6.41. The van der Waals surface area contributed by atoms with Crippen molar-refractivity contribution in [3.05, 3.63) is 57.8 Å². The minimum Gasteiger partial charge on any atom is -0.355 e. The van der Waals surface area contributed by atoms with Crippen LogP contribution in [0, 0.1) is 5.82 Å². The molecule has 0 bridgehead atoms. The maximum absolute atomic E-state index is 13.1. The van der Waals surface area contributed by atoms with Crippen molar-refractivity contribution in [1.82, 2.24) is 9.88 Å². The third kappa shape index (κ3) is 2.14. The Morgan fingerprint density at radius 3 is 2.71 bits per heavy atom. The Morgan fingerprint density at radius 2 is 2.05 bits per heavy atom. The van der Waals surface area contributed by atoms with Crippen LogP contribution in [0.3, 0.4) is 0 Å². The summed E-state index contributed by atoms with van der Waals surface area (Å²) in [4.78, 5) is 28.6. The minimum atomic E-state index is -0.472. The van der Waals surface area contributed by atoms with Gasteiger partial charge in [0.25, 0.3) is 11.5 Å². The molecular formula is C15H12FN3O2. The lowest BCUT2D eigenvalue weighted by Crippen LogP contribution is -2.31. The molecule has 0 fully saturated rings. The molecule has 1 amide bonds. The van der Waals surface area contributed by atoms with Crippen LogP contribution in [-0.2, 0) is 6.42 Å². The lowest BCUT2D eigenvalue weighted by Gasteiger charge is -2.13. The molecule has 1 N–H and O–H groups in total. The number of amides is 1. The zero-order valence-electron chi connectivity index (χ0n) is 11.3. The lowest BCUT2D eigenvalue weighted by molar-refractivity contribution is 0.0961. The summed E-state index contributed by atoms with van der Waals surface area (Å²) in [7, 11) is 1.46. The predicted octanol–water partition coefficient (Wildman–Crippen LogP) is 1.59. The van der Waals surface area contributed by atoms with Crippen molar-refractivity contribution in [2.75, 3.05) is 7.05 Å². The van der Waals surface area contributed by atoms with Crippen molar-refractivity contribution >= 4 is 17.8 Å². The van der Waals surface area contributed by atoms with Crippen LogP contribution in [0.1, 0.15) is 16.1 Å². The van der Waals surface area contributed by atoms with Gasteiger partial charge in [0, 0.05) is 25.4 Å². The molecule has 2 heterocycles. The van der Waals surface area contributed by atoms with Crippen LogP contribution in [0.5, 0.6) is 0 Å². The van der Waals surface area contributed by atoms with Gasteiger partial charge >= 0.3 is 0 Å². The highest BCUT2D eigenvalue weighted by Gasteiger charge is 2.21. The molecule has 106 valence electrons. The number of aliphatic imine (C=N–C) groups is 1. The van der Waals surface area contributed by atoms with E-state index in [1.165, 1.54) is 41.9 Å². The van der Waals surface area contributed by atoms with Crippen LogP contribution < -0.4 is 10.9 Å². The molecule has 0 unspecified atom stereocenters. The Bertz CT molecular complexity index is 807. The van der Waals surface area contributed by atoms with E-state index in [9.17, 15) is 14.0 Å². The minimum absolute atomic E-state index is 0.0135. The molecule has 0 saturated heterocycles. The summed E-state index contributed by atoms with van der Waals surface area (Å²) in [6.07, 6.45) is 2.17. The Hall–Kier alpha value is -2.76. The third-order valence-corrected chi connectivity index (χ3v) is 3.35. The number of nitrogens with one attached hydrogen (secondary N) is 1. The van der Waals surface area contributed by atoms with Gasteiger partial charge in [0.05, 0.1) is 11.4 Å². The lowest BCUT2D eigenvalue weighted by atomic mass is 10.1. The molecule has 0 spiro atoms. The van der Waals surface area contributed by atoms with E-state index >= 15 is 0 Å². The zero-order valence-corrected chi connectivity index (χ0v) is 11.3. The summed E-state index contributed by atoms with van der Waals surface area (Å²) in [5.74, 6) is -0.858. The van der Waals surface area contributed by atoms with Crippen molar-refractivity contribution in [2.45, 2.75) is 6.42 Å². The second-order valence-corrected chi connectivity index (χ2v) is 4.60. The van der Waals surface area contributed by atoms with Gasteiger partial charge in [-0.05, 0) is 30.3 Å². The monoisotopic (exact) mass is 285 g/mol. The molecule has 0 atom stereocenters. The molecule has 1 aliphatic rings. The number of carbonyl (C=O) groups is 1. The van der Waals surface area contributed by atoms with Gasteiger partial charge in [0.15, 0.2) is 0 Å². The van der Waals surface area contributed by atoms with Gasteiger partial charge in [-0.2, -0.15) is 0 Å². The quantitative estimate of drug-likeness (QED) is 0.910.